The standard InChI is InChI=1S/C14H20FNO3/c1-4-16(10(2)9-19-3)8-11-5-6-12(15)7-13(11)14(17)18/h5-7,10H,4,8-9H2,1-3H3,(H,17,18). The molecule has 0 fully saturated rings. The van der Waals surface area contributed by atoms with Crippen molar-refractivity contribution in [1.29, 1.82) is 0 Å². The Morgan fingerprint density at radius 3 is 2.74 bits per heavy atom. The molecule has 4 nitrogen and oxygen atoms in total. The number of carboxylic acid groups (broad SMARTS) is 1. The molecule has 1 rings (SSSR count). The molecule has 0 aliphatic rings. The number of hydrogen-bond donors (Lipinski definition) is 1. The van der Waals surface area contributed by atoms with E-state index in [1.807, 2.05) is 13.8 Å². The van der Waals surface area contributed by atoms with E-state index in [0.717, 1.165) is 12.6 Å². The molecule has 1 unspecified atom stereocenters. The van der Waals surface area contributed by atoms with E-state index in [1.54, 1.807) is 7.11 Å². The van der Waals surface area contributed by atoms with Gasteiger partial charge in [0.25, 0.3) is 0 Å². The second-order valence-electron chi connectivity index (χ2n) is 4.47. The Morgan fingerprint density at radius 1 is 1.53 bits per heavy atom. The summed E-state index contributed by atoms with van der Waals surface area (Å²) in [5.74, 6) is -1.64. The van der Waals surface area contributed by atoms with Gasteiger partial charge in [0.2, 0.25) is 0 Å². The van der Waals surface area contributed by atoms with Crippen molar-refractivity contribution in [1.82, 2.24) is 4.90 Å². The van der Waals surface area contributed by atoms with Crippen LogP contribution in [0.4, 0.5) is 4.39 Å². The first-order valence-corrected chi connectivity index (χ1v) is 6.24. The van der Waals surface area contributed by atoms with Crippen LogP contribution in [0.25, 0.3) is 0 Å². The summed E-state index contributed by atoms with van der Waals surface area (Å²) < 4.78 is 18.2. The fraction of sp³-hybridized carbons (Fsp3) is 0.500. The summed E-state index contributed by atoms with van der Waals surface area (Å²) in [5.41, 5.74) is 0.627. The molecule has 0 aliphatic heterocycles. The van der Waals surface area contributed by atoms with E-state index in [0.29, 0.717) is 18.7 Å². The van der Waals surface area contributed by atoms with Crippen LogP contribution in [0.1, 0.15) is 29.8 Å². The molecule has 0 bridgehead atoms. The SMILES string of the molecule is CCN(Cc1ccc(F)cc1C(=O)O)C(C)COC. The van der Waals surface area contributed by atoms with Crippen LogP contribution in [0.15, 0.2) is 18.2 Å². The molecule has 0 radical (unpaired) electrons. The van der Waals surface area contributed by atoms with Crippen molar-refractivity contribution < 1.29 is 19.0 Å². The Balaban J connectivity index is 2.93. The van der Waals surface area contributed by atoms with Gasteiger partial charge < -0.3 is 9.84 Å². The lowest BCUT2D eigenvalue weighted by molar-refractivity contribution is 0.0690. The number of carboxylic acids is 1. The van der Waals surface area contributed by atoms with Gasteiger partial charge in [0, 0.05) is 19.7 Å². The molecule has 0 aromatic heterocycles. The van der Waals surface area contributed by atoms with Gasteiger partial charge in [0.15, 0.2) is 0 Å². The highest BCUT2D eigenvalue weighted by molar-refractivity contribution is 5.89. The van der Waals surface area contributed by atoms with Crippen molar-refractivity contribution in [2.45, 2.75) is 26.4 Å². The van der Waals surface area contributed by atoms with Crippen molar-refractivity contribution in [2.75, 3.05) is 20.3 Å². The van der Waals surface area contributed by atoms with Crippen LogP contribution in [-0.2, 0) is 11.3 Å². The predicted octanol–water partition coefficient (Wildman–Crippen LogP) is 2.38. The maximum Gasteiger partial charge on any atom is 0.336 e. The topological polar surface area (TPSA) is 49.8 Å². The van der Waals surface area contributed by atoms with Crippen LogP contribution in [0, 0.1) is 5.82 Å². The first kappa shape index (κ1) is 15.6. The van der Waals surface area contributed by atoms with E-state index in [1.165, 1.54) is 12.1 Å². The zero-order valence-electron chi connectivity index (χ0n) is 11.5. The number of ether oxygens (including phenoxy) is 1. The minimum Gasteiger partial charge on any atom is -0.478 e. The van der Waals surface area contributed by atoms with Gasteiger partial charge in [0.05, 0.1) is 12.2 Å². The number of likely N-dealkylation sites (N-methyl/N-ethyl adjacent to an activating group) is 1. The summed E-state index contributed by atoms with van der Waals surface area (Å²) in [6.45, 7) is 5.80. The summed E-state index contributed by atoms with van der Waals surface area (Å²) in [6, 6.07) is 4.05. The molecule has 0 saturated carbocycles. The minimum absolute atomic E-state index is 0.0167. The van der Waals surface area contributed by atoms with Gasteiger partial charge in [-0.2, -0.15) is 0 Å². The number of rotatable bonds is 7. The molecule has 0 saturated heterocycles. The molecule has 0 amide bonds. The average molecular weight is 269 g/mol. The first-order chi connectivity index (χ1) is 8.99. The number of hydrogen-bond acceptors (Lipinski definition) is 3. The molecule has 19 heavy (non-hydrogen) atoms. The lowest BCUT2D eigenvalue weighted by Gasteiger charge is -2.27. The van der Waals surface area contributed by atoms with E-state index in [-0.39, 0.29) is 11.6 Å². The number of methoxy groups -OCH3 is 1. The van der Waals surface area contributed by atoms with Gasteiger partial charge in [-0.1, -0.05) is 13.0 Å². The van der Waals surface area contributed by atoms with Gasteiger partial charge in [-0.3, -0.25) is 4.90 Å². The highest BCUT2D eigenvalue weighted by Crippen LogP contribution is 2.15. The Morgan fingerprint density at radius 2 is 2.21 bits per heavy atom. The quantitative estimate of drug-likeness (QED) is 0.825. The zero-order chi connectivity index (χ0) is 14.4. The lowest BCUT2D eigenvalue weighted by atomic mass is 10.1. The number of aromatic carboxylic acids is 1. The van der Waals surface area contributed by atoms with Crippen LogP contribution in [0.2, 0.25) is 0 Å². The largest absolute Gasteiger partial charge is 0.478 e. The van der Waals surface area contributed by atoms with Crippen LogP contribution >= 0.6 is 0 Å². The summed E-state index contributed by atoms with van der Waals surface area (Å²) in [7, 11) is 1.63. The molecular weight excluding hydrogens is 249 g/mol. The fourth-order valence-corrected chi connectivity index (χ4v) is 2.03. The fourth-order valence-electron chi connectivity index (χ4n) is 2.03. The molecule has 106 valence electrons. The molecule has 1 aromatic rings. The smallest absolute Gasteiger partial charge is 0.336 e. The molecule has 1 N–H and O–H groups in total. The summed E-state index contributed by atoms with van der Waals surface area (Å²) in [5, 5.41) is 9.11. The van der Waals surface area contributed by atoms with E-state index in [2.05, 4.69) is 4.90 Å². The summed E-state index contributed by atoms with van der Waals surface area (Å²) >= 11 is 0. The molecule has 1 atom stereocenters. The Bertz CT molecular complexity index is 437. The summed E-state index contributed by atoms with van der Waals surface area (Å²) in [6.07, 6.45) is 0. The number of benzene rings is 1. The van der Waals surface area contributed by atoms with Gasteiger partial charge in [-0.05, 0) is 31.2 Å². The second kappa shape index (κ2) is 7.21. The van der Waals surface area contributed by atoms with Crippen LogP contribution in [0.3, 0.4) is 0 Å². The normalized spacial score (nSPS) is 12.7. The van der Waals surface area contributed by atoms with Crippen molar-refractivity contribution in [2.24, 2.45) is 0 Å². The van der Waals surface area contributed by atoms with Gasteiger partial charge in [-0.25, -0.2) is 9.18 Å². The Hall–Kier alpha value is -1.46. The monoisotopic (exact) mass is 269 g/mol. The molecule has 1 aromatic carbocycles. The predicted molar refractivity (Wildman–Crippen MR) is 70.8 cm³/mol. The number of nitrogens with zero attached hydrogens (tertiary/aromatic N) is 1. The number of halogens is 1. The van der Waals surface area contributed by atoms with E-state index >= 15 is 0 Å². The minimum atomic E-state index is -1.11. The highest BCUT2D eigenvalue weighted by atomic mass is 19.1. The van der Waals surface area contributed by atoms with E-state index < -0.39 is 11.8 Å². The van der Waals surface area contributed by atoms with Crippen LogP contribution in [-0.4, -0.2) is 42.3 Å². The van der Waals surface area contributed by atoms with Crippen LogP contribution < -0.4 is 0 Å². The van der Waals surface area contributed by atoms with E-state index in [4.69, 9.17) is 9.84 Å². The lowest BCUT2D eigenvalue weighted by Crippen LogP contribution is -2.36. The van der Waals surface area contributed by atoms with Crippen molar-refractivity contribution in [3.63, 3.8) is 0 Å². The zero-order valence-corrected chi connectivity index (χ0v) is 11.5. The Kier molecular flexibility index (Phi) is 5.92. The van der Waals surface area contributed by atoms with Crippen molar-refractivity contribution in [3.8, 4) is 0 Å². The highest BCUT2D eigenvalue weighted by Gasteiger charge is 2.17. The third-order valence-electron chi connectivity index (χ3n) is 3.11. The van der Waals surface area contributed by atoms with Crippen molar-refractivity contribution >= 4 is 5.97 Å². The van der Waals surface area contributed by atoms with Gasteiger partial charge in [-0.15, -0.1) is 0 Å². The Labute approximate surface area is 112 Å². The average Bonchev–Trinajstić information content (AvgIpc) is 2.37. The second-order valence-corrected chi connectivity index (χ2v) is 4.47. The maximum atomic E-state index is 13.1. The van der Waals surface area contributed by atoms with Crippen LogP contribution in [0.5, 0.6) is 0 Å². The molecule has 0 heterocycles. The summed E-state index contributed by atoms with van der Waals surface area (Å²) in [4.78, 5) is 13.2. The van der Waals surface area contributed by atoms with Gasteiger partial charge >= 0.3 is 5.97 Å². The molecular formula is C14H20FNO3. The third-order valence-corrected chi connectivity index (χ3v) is 3.11. The van der Waals surface area contributed by atoms with E-state index in [9.17, 15) is 9.18 Å². The first-order valence-electron chi connectivity index (χ1n) is 6.24. The molecule has 0 spiro atoms. The number of carbonyl (C=O) groups is 1. The molecule has 0 aliphatic carbocycles. The third kappa shape index (κ3) is 4.29. The van der Waals surface area contributed by atoms with Crippen molar-refractivity contribution in [3.05, 3.63) is 35.1 Å². The van der Waals surface area contributed by atoms with Gasteiger partial charge in [0.1, 0.15) is 5.82 Å². The maximum absolute atomic E-state index is 13.1. The molecule has 5 heteroatoms.